The summed E-state index contributed by atoms with van der Waals surface area (Å²) in [5.74, 6) is -0.301. The van der Waals surface area contributed by atoms with Crippen LogP contribution in [0.15, 0.2) is 45.8 Å². The molecular weight excluding hydrogens is 398 g/mol. The molecule has 0 aromatic heterocycles. The number of para-hydroxylation sites is 1. The third-order valence-electron chi connectivity index (χ3n) is 3.31. The first-order chi connectivity index (χ1) is 11.3. The summed E-state index contributed by atoms with van der Waals surface area (Å²) in [6, 6.07) is 9.46. The molecule has 2 aromatic carbocycles. The minimum absolute atomic E-state index is 0.0205. The maximum atomic E-state index is 12.5. The van der Waals surface area contributed by atoms with E-state index in [1.54, 1.807) is 31.2 Å². The molecule has 0 saturated carbocycles. The summed E-state index contributed by atoms with van der Waals surface area (Å²) in [6.45, 7) is 1.65. The van der Waals surface area contributed by atoms with Crippen LogP contribution in [0.5, 0.6) is 11.5 Å². The SMILES string of the molecule is COc1cccc(C(=O)NS(=O)(=O)c2cc(Br)ccc2C)c1OC. The van der Waals surface area contributed by atoms with Crippen molar-refractivity contribution in [3.8, 4) is 11.5 Å². The van der Waals surface area contributed by atoms with Gasteiger partial charge in [-0.2, -0.15) is 0 Å². The Labute approximate surface area is 149 Å². The van der Waals surface area contributed by atoms with E-state index in [0.717, 1.165) is 0 Å². The summed E-state index contributed by atoms with van der Waals surface area (Å²) in [4.78, 5) is 12.5. The number of methoxy groups -OCH3 is 2. The van der Waals surface area contributed by atoms with Gasteiger partial charge in [-0.1, -0.05) is 28.1 Å². The van der Waals surface area contributed by atoms with E-state index in [0.29, 0.717) is 15.8 Å². The first-order valence-electron chi connectivity index (χ1n) is 6.84. The number of nitrogens with one attached hydrogen (secondary N) is 1. The topological polar surface area (TPSA) is 81.7 Å². The van der Waals surface area contributed by atoms with Crippen LogP contribution in [0, 0.1) is 6.92 Å². The zero-order valence-corrected chi connectivity index (χ0v) is 15.7. The fraction of sp³-hybridized carbons (Fsp3) is 0.188. The van der Waals surface area contributed by atoms with Crippen molar-refractivity contribution >= 4 is 31.9 Å². The van der Waals surface area contributed by atoms with Crippen LogP contribution in [-0.2, 0) is 10.0 Å². The number of halogens is 1. The number of sulfonamides is 1. The molecule has 0 aliphatic carbocycles. The minimum Gasteiger partial charge on any atom is -0.493 e. The first kappa shape index (κ1) is 18.3. The number of ether oxygens (including phenoxy) is 2. The Morgan fingerprint density at radius 1 is 1.12 bits per heavy atom. The standard InChI is InChI=1S/C16H16BrNO5S/c1-10-7-8-11(17)9-14(10)24(20,21)18-16(19)12-5-4-6-13(22-2)15(12)23-3/h4-9H,1-3H3,(H,18,19). The molecule has 0 radical (unpaired) electrons. The van der Waals surface area contributed by atoms with E-state index in [-0.39, 0.29) is 16.2 Å². The minimum atomic E-state index is -4.03. The maximum Gasteiger partial charge on any atom is 0.268 e. The van der Waals surface area contributed by atoms with Gasteiger partial charge >= 0.3 is 0 Å². The van der Waals surface area contributed by atoms with Crippen LogP contribution in [0.1, 0.15) is 15.9 Å². The van der Waals surface area contributed by atoms with Crippen molar-refractivity contribution in [3.63, 3.8) is 0 Å². The lowest BCUT2D eigenvalue weighted by Crippen LogP contribution is -2.31. The summed E-state index contributed by atoms with van der Waals surface area (Å²) in [5, 5.41) is 0. The van der Waals surface area contributed by atoms with E-state index in [9.17, 15) is 13.2 Å². The molecule has 1 amide bonds. The van der Waals surface area contributed by atoms with E-state index in [1.165, 1.54) is 26.4 Å². The molecule has 0 unspecified atom stereocenters. The van der Waals surface area contributed by atoms with Gasteiger partial charge in [-0.25, -0.2) is 13.1 Å². The lowest BCUT2D eigenvalue weighted by Gasteiger charge is -2.13. The van der Waals surface area contributed by atoms with Gasteiger partial charge in [0.25, 0.3) is 15.9 Å². The molecular formula is C16H16BrNO5S. The van der Waals surface area contributed by atoms with Gasteiger partial charge in [-0.15, -0.1) is 0 Å². The number of rotatable bonds is 5. The summed E-state index contributed by atoms with van der Waals surface area (Å²) in [7, 11) is -1.22. The number of carbonyl (C=O) groups is 1. The molecule has 0 atom stereocenters. The van der Waals surface area contributed by atoms with E-state index in [2.05, 4.69) is 20.7 Å². The fourth-order valence-corrected chi connectivity index (χ4v) is 3.91. The Morgan fingerprint density at radius 2 is 1.83 bits per heavy atom. The lowest BCUT2D eigenvalue weighted by molar-refractivity contribution is 0.0978. The number of benzene rings is 2. The van der Waals surface area contributed by atoms with Gasteiger partial charge in [-0.05, 0) is 36.8 Å². The average Bonchev–Trinajstić information content (AvgIpc) is 2.55. The molecule has 0 bridgehead atoms. The molecule has 0 saturated heterocycles. The molecule has 0 fully saturated rings. The molecule has 0 aliphatic rings. The summed E-state index contributed by atoms with van der Waals surface area (Å²) < 4.78 is 38.0. The van der Waals surface area contributed by atoms with E-state index >= 15 is 0 Å². The highest BCUT2D eigenvalue weighted by Gasteiger charge is 2.24. The van der Waals surface area contributed by atoms with Gasteiger partial charge in [0.1, 0.15) is 0 Å². The molecule has 2 rings (SSSR count). The Morgan fingerprint density at radius 3 is 2.46 bits per heavy atom. The van der Waals surface area contributed by atoms with Crippen LogP contribution in [0.25, 0.3) is 0 Å². The van der Waals surface area contributed by atoms with Crippen molar-refractivity contribution in [1.82, 2.24) is 4.72 Å². The molecule has 0 aliphatic heterocycles. The predicted molar refractivity (Wildman–Crippen MR) is 93.1 cm³/mol. The summed E-state index contributed by atoms with van der Waals surface area (Å²) in [5.41, 5.74) is 0.587. The first-order valence-corrected chi connectivity index (χ1v) is 9.12. The normalized spacial score (nSPS) is 11.0. The Hall–Kier alpha value is -2.06. The zero-order chi connectivity index (χ0) is 17.9. The molecule has 24 heavy (non-hydrogen) atoms. The molecule has 2 aromatic rings. The molecule has 1 N–H and O–H groups in total. The fourth-order valence-electron chi connectivity index (χ4n) is 2.16. The van der Waals surface area contributed by atoms with Crippen LogP contribution in [0.3, 0.4) is 0 Å². The van der Waals surface area contributed by atoms with Crippen molar-refractivity contribution in [1.29, 1.82) is 0 Å². The highest BCUT2D eigenvalue weighted by atomic mass is 79.9. The third-order valence-corrected chi connectivity index (χ3v) is 5.28. The maximum absolute atomic E-state index is 12.5. The average molecular weight is 414 g/mol. The van der Waals surface area contributed by atoms with Gasteiger partial charge in [0.2, 0.25) is 0 Å². The van der Waals surface area contributed by atoms with Crippen molar-refractivity contribution < 1.29 is 22.7 Å². The van der Waals surface area contributed by atoms with Crippen molar-refractivity contribution in [3.05, 3.63) is 52.0 Å². The molecule has 0 heterocycles. The molecule has 0 spiro atoms. The highest BCUT2D eigenvalue weighted by Crippen LogP contribution is 2.31. The van der Waals surface area contributed by atoms with Gasteiger partial charge in [0.15, 0.2) is 11.5 Å². The van der Waals surface area contributed by atoms with Gasteiger partial charge < -0.3 is 9.47 Å². The second-order valence-corrected chi connectivity index (χ2v) is 7.45. The van der Waals surface area contributed by atoms with Gasteiger partial charge in [0.05, 0.1) is 24.7 Å². The number of amides is 1. The smallest absolute Gasteiger partial charge is 0.268 e. The third kappa shape index (κ3) is 3.70. The van der Waals surface area contributed by atoms with Gasteiger partial charge in [0, 0.05) is 4.47 Å². The quantitative estimate of drug-likeness (QED) is 0.814. The van der Waals surface area contributed by atoms with Crippen LogP contribution in [-0.4, -0.2) is 28.5 Å². The van der Waals surface area contributed by atoms with Gasteiger partial charge in [-0.3, -0.25) is 4.79 Å². The van der Waals surface area contributed by atoms with Crippen molar-refractivity contribution in [2.75, 3.05) is 14.2 Å². The van der Waals surface area contributed by atoms with Crippen LogP contribution in [0.2, 0.25) is 0 Å². The van der Waals surface area contributed by atoms with Crippen molar-refractivity contribution in [2.45, 2.75) is 11.8 Å². The van der Waals surface area contributed by atoms with Crippen molar-refractivity contribution in [2.24, 2.45) is 0 Å². The number of carbonyl (C=O) groups excluding carboxylic acids is 1. The second kappa shape index (κ2) is 7.23. The predicted octanol–water partition coefficient (Wildman–Crippen LogP) is 2.89. The van der Waals surface area contributed by atoms with E-state index in [1.807, 2.05) is 0 Å². The monoisotopic (exact) mass is 413 g/mol. The second-order valence-electron chi connectivity index (χ2n) is 4.89. The summed E-state index contributed by atoms with van der Waals surface area (Å²) in [6.07, 6.45) is 0. The van der Waals surface area contributed by atoms with E-state index in [4.69, 9.17) is 9.47 Å². The molecule has 6 nitrogen and oxygen atoms in total. The Kier molecular flexibility index (Phi) is 5.51. The number of hydrogen-bond donors (Lipinski definition) is 1. The number of aryl methyl sites for hydroxylation is 1. The van der Waals surface area contributed by atoms with Crippen LogP contribution >= 0.6 is 15.9 Å². The number of hydrogen-bond acceptors (Lipinski definition) is 5. The Bertz CT molecular complexity index is 880. The molecule has 8 heteroatoms. The van der Waals surface area contributed by atoms with Crippen LogP contribution < -0.4 is 14.2 Å². The lowest BCUT2D eigenvalue weighted by atomic mass is 10.2. The Balaban J connectivity index is 2.41. The van der Waals surface area contributed by atoms with E-state index < -0.39 is 15.9 Å². The zero-order valence-electron chi connectivity index (χ0n) is 13.3. The summed E-state index contributed by atoms with van der Waals surface area (Å²) >= 11 is 3.23. The largest absolute Gasteiger partial charge is 0.493 e. The van der Waals surface area contributed by atoms with Crippen LogP contribution in [0.4, 0.5) is 0 Å². The highest BCUT2D eigenvalue weighted by molar-refractivity contribution is 9.10. The molecule has 128 valence electrons.